The maximum absolute atomic E-state index is 11.7. The van der Waals surface area contributed by atoms with Gasteiger partial charge in [-0.2, -0.15) is 0 Å². The van der Waals surface area contributed by atoms with E-state index in [1.807, 2.05) is 6.07 Å². The molecule has 1 aliphatic carbocycles. The van der Waals surface area contributed by atoms with Crippen LogP contribution in [0.5, 0.6) is 0 Å². The Balaban J connectivity index is 2.08. The van der Waals surface area contributed by atoms with Gasteiger partial charge in [0.25, 0.3) is 0 Å². The van der Waals surface area contributed by atoms with E-state index in [0.29, 0.717) is 6.42 Å². The van der Waals surface area contributed by atoms with Gasteiger partial charge in [-0.05, 0) is 18.9 Å². The van der Waals surface area contributed by atoms with E-state index in [4.69, 9.17) is 0 Å². The summed E-state index contributed by atoms with van der Waals surface area (Å²) in [7, 11) is 0. The lowest BCUT2D eigenvalue weighted by Gasteiger charge is -2.06. The standard InChI is InChI=1S/C11H9N3OS/c15-9-3-1-2-7-10(9)16-11(14-7)8-4-5-12-6-13-8/h4-6H,1-3H2. The minimum Gasteiger partial charge on any atom is -0.293 e. The summed E-state index contributed by atoms with van der Waals surface area (Å²) in [6, 6.07) is 1.81. The number of aromatic nitrogens is 3. The molecule has 0 saturated heterocycles. The van der Waals surface area contributed by atoms with E-state index in [2.05, 4.69) is 15.0 Å². The van der Waals surface area contributed by atoms with Crippen LogP contribution in [-0.2, 0) is 6.42 Å². The predicted octanol–water partition coefficient (Wildman–Crippen LogP) is 2.12. The van der Waals surface area contributed by atoms with Gasteiger partial charge in [0.2, 0.25) is 0 Å². The van der Waals surface area contributed by atoms with E-state index in [-0.39, 0.29) is 5.78 Å². The number of hydrogen-bond acceptors (Lipinski definition) is 5. The fraction of sp³-hybridized carbons (Fsp3) is 0.273. The van der Waals surface area contributed by atoms with Gasteiger partial charge < -0.3 is 0 Å². The van der Waals surface area contributed by atoms with Crippen molar-refractivity contribution in [3.8, 4) is 10.7 Å². The molecule has 0 radical (unpaired) electrons. The maximum atomic E-state index is 11.7. The number of hydrogen-bond donors (Lipinski definition) is 0. The van der Waals surface area contributed by atoms with Crippen molar-refractivity contribution in [1.29, 1.82) is 0 Å². The summed E-state index contributed by atoms with van der Waals surface area (Å²) < 4.78 is 0. The Morgan fingerprint density at radius 2 is 2.25 bits per heavy atom. The highest BCUT2D eigenvalue weighted by atomic mass is 32.1. The Bertz CT molecular complexity index is 535. The fourth-order valence-electron chi connectivity index (χ4n) is 1.80. The largest absolute Gasteiger partial charge is 0.293 e. The van der Waals surface area contributed by atoms with Gasteiger partial charge in [0.05, 0.1) is 10.6 Å². The molecular formula is C11H9N3OS. The van der Waals surface area contributed by atoms with Crippen LogP contribution in [0.25, 0.3) is 10.7 Å². The maximum Gasteiger partial charge on any atom is 0.174 e. The molecule has 4 nitrogen and oxygen atoms in total. The van der Waals surface area contributed by atoms with Gasteiger partial charge in [-0.25, -0.2) is 15.0 Å². The number of fused-ring (bicyclic) bond motifs is 1. The first-order valence-corrected chi connectivity index (χ1v) is 5.95. The summed E-state index contributed by atoms with van der Waals surface area (Å²) in [6.07, 6.45) is 5.65. The lowest BCUT2D eigenvalue weighted by Crippen LogP contribution is -2.07. The molecule has 0 aliphatic heterocycles. The molecule has 0 amide bonds. The third kappa shape index (κ3) is 1.53. The van der Waals surface area contributed by atoms with Crippen LogP contribution in [0.15, 0.2) is 18.6 Å². The van der Waals surface area contributed by atoms with Gasteiger partial charge in [0.15, 0.2) is 5.78 Å². The molecule has 2 aromatic rings. The molecule has 0 atom stereocenters. The van der Waals surface area contributed by atoms with E-state index in [1.165, 1.54) is 17.7 Å². The summed E-state index contributed by atoms with van der Waals surface area (Å²) >= 11 is 1.45. The van der Waals surface area contributed by atoms with Crippen molar-refractivity contribution in [2.24, 2.45) is 0 Å². The molecule has 0 N–H and O–H groups in total. The SMILES string of the molecule is O=C1CCCc2nc(-c3ccncn3)sc21. The van der Waals surface area contributed by atoms with Gasteiger partial charge in [-0.3, -0.25) is 4.79 Å². The molecule has 0 aromatic carbocycles. The highest BCUT2D eigenvalue weighted by molar-refractivity contribution is 7.17. The first kappa shape index (κ1) is 9.59. The van der Waals surface area contributed by atoms with E-state index in [0.717, 1.165) is 34.1 Å². The normalized spacial score (nSPS) is 14.9. The van der Waals surface area contributed by atoms with Crippen LogP contribution in [0.2, 0.25) is 0 Å². The van der Waals surface area contributed by atoms with Gasteiger partial charge >= 0.3 is 0 Å². The Hall–Kier alpha value is -1.62. The summed E-state index contributed by atoms with van der Waals surface area (Å²) in [6.45, 7) is 0. The Morgan fingerprint density at radius 1 is 1.31 bits per heavy atom. The smallest absolute Gasteiger partial charge is 0.174 e. The van der Waals surface area contributed by atoms with Crippen LogP contribution in [0.4, 0.5) is 0 Å². The highest BCUT2D eigenvalue weighted by Crippen LogP contribution is 2.31. The monoisotopic (exact) mass is 231 g/mol. The van der Waals surface area contributed by atoms with Crippen molar-refractivity contribution in [3.05, 3.63) is 29.2 Å². The Labute approximate surface area is 96.4 Å². The average molecular weight is 231 g/mol. The van der Waals surface area contributed by atoms with E-state index >= 15 is 0 Å². The molecule has 1 aliphatic rings. The third-order valence-corrected chi connectivity index (χ3v) is 3.73. The topological polar surface area (TPSA) is 55.7 Å². The molecule has 0 fully saturated rings. The van der Waals surface area contributed by atoms with Crippen molar-refractivity contribution in [2.45, 2.75) is 19.3 Å². The van der Waals surface area contributed by atoms with Crippen molar-refractivity contribution in [1.82, 2.24) is 15.0 Å². The molecule has 2 aromatic heterocycles. The molecule has 0 unspecified atom stereocenters. The van der Waals surface area contributed by atoms with Gasteiger partial charge in [-0.1, -0.05) is 0 Å². The lowest BCUT2D eigenvalue weighted by atomic mass is 10.0. The van der Waals surface area contributed by atoms with E-state index in [1.54, 1.807) is 6.20 Å². The van der Waals surface area contributed by atoms with Crippen LogP contribution in [0.1, 0.15) is 28.2 Å². The molecular weight excluding hydrogens is 222 g/mol. The Kier molecular flexibility index (Phi) is 2.25. The van der Waals surface area contributed by atoms with Crippen LogP contribution in [0, 0.1) is 0 Å². The Morgan fingerprint density at radius 3 is 3.00 bits per heavy atom. The molecule has 0 spiro atoms. The summed E-state index contributed by atoms with van der Waals surface area (Å²) in [5, 5.41) is 0.822. The van der Waals surface area contributed by atoms with Crippen molar-refractivity contribution >= 4 is 17.1 Å². The second-order valence-electron chi connectivity index (χ2n) is 3.67. The number of carbonyl (C=O) groups excluding carboxylic acids is 1. The quantitative estimate of drug-likeness (QED) is 0.754. The molecule has 2 heterocycles. The molecule has 16 heavy (non-hydrogen) atoms. The molecule has 3 rings (SSSR count). The van der Waals surface area contributed by atoms with Crippen LogP contribution < -0.4 is 0 Å². The van der Waals surface area contributed by atoms with Crippen molar-refractivity contribution in [3.63, 3.8) is 0 Å². The number of Topliss-reactive ketones (excluding diaryl/α,β-unsaturated/α-hetero) is 1. The van der Waals surface area contributed by atoms with Crippen LogP contribution in [0.3, 0.4) is 0 Å². The summed E-state index contributed by atoms with van der Waals surface area (Å²) in [5.41, 5.74) is 1.73. The zero-order valence-corrected chi connectivity index (χ0v) is 9.33. The van der Waals surface area contributed by atoms with E-state index < -0.39 is 0 Å². The minimum atomic E-state index is 0.221. The number of thiazole rings is 1. The highest BCUT2D eigenvalue weighted by Gasteiger charge is 2.22. The number of nitrogens with zero attached hydrogens (tertiary/aromatic N) is 3. The number of carbonyl (C=O) groups is 1. The molecule has 5 heteroatoms. The first-order valence-electron chi connectivity index (χ1n) is 5.14. The van der Waals surface area contributed by atoms with Crippen LogP contribution in [-0.4, -0.2) is 20.7 Å². The molecule has 80 valence electrons. The lowest BCUT2D eigenvalue weighted by molar-refractivity contribution is 0.0976. The zero-order chi connectivity index (χ0) is 11.0. The van der Waals surface area contributed by atoms with Crippen molar-refractivity contribution < 1.29 is 4.79 Å². The first-order chi connectivity index (χ1) is 7.84. The number of rotatable bonds is 1. The molecule has 0 bridgehead atoms. The van der Waals surface area contributed by atoms with Crippen LogP contribution >= 0.6 is 11.3 Å². The predicted molar refractivity (Wildman–Crippen MR) is 60.4 cm³/mol. The second-order valence-corrected chi connectivity index (χ2v) is 4.67. The third-order valence-electron chi connectivity index (χ3n) is 2.57. The summed E-state index contributed by atoms with van der Waals surface area (Å²) in [4.78, 5) is 25.0. The average Bonchev–Trinajstić information content (AvgIpc) is 2.76. The number of ketones is 1. The zero-order valence-electron chi connectivity index (χ0n) is 8.51. The van der Waals surface area contributed by atoms with Gasteiger partial charge in [0.1, 0.15) is 17.0 Å². The van der Waals surface area contributed by atoms with E-state index in [9.17, 15) is 4.79 Å². The molecule has 0 saturated carbocycles. The van der Waals surface area contributed by atoms with Crippen molar-refractivity contribution in [2.75, 3.05) is 0 Å². The van der Waals surface area contributed by atoms with Gasteiger partial charge in [0, 0.05) is 12.6 Å². The number of aryl methyl sites for hydroxylation is 1. The fourth-order valence-corrected chi connectivity index (χ4v) is 2.85. The second kappa shape index (κ2) is 3.75. The van der Waals surface area contributed by atoms with Gasteiger partial charge in [-0.15, -0.1) is 11.3 Å². The summed E-state index contributed by atoms with van der Waals surface area (Å²) in [5.74, 6) is 0.221. The minimum absolute atomic E-state index is 0.221.